The smallest absolute Gasteiger partial charge is 0.134 e. The van der Waals surface area contributed by atoms with E-state index in [0.29, 0.717) is 12.0 Å². The van der Waals surface area contributed by atoms with E-state index in [9.17, 15) is 0 Å². The van der Waals surface area contributed by atoms with Gasteiger partial charge >= 0.3 is 0 Å². The lowest BCUT2D eigenvalue weighted by Crippen LogP contribution is -2.51. The predicted octanol–water partition coefficient (Wildman–Crippen LogP) is 1.96. The Hall–Kier alpha value is -1.20. The second-order valence-corrected chi connectivity index (χ2v) is 6.89. The molecule has 3 fully saturated rings. The largest absolute Gasteiger partial charge is 0.379 e. The lowest BCUT2D eigenvalue weighted by Gasteiger charge is -2.41. The number of anilines is 1. The quantitative estimate of drug-likeness (QED) is 0.854. The maximum Gasteiger partial charge on any atom is 0.134 e. The van der Waals surface area contributed by atoms with Gasteiger partial charge in [-0.2, -0.15) is 0 Å². The molecule has 22 heavy (non-hydrogen) atoms. The molecule has 0 N–H and O–H groups in total. The molecule has 1 saturated carbocycles. The Morgan fingerprint density at radius 3 is 2.68 bits per heavy atom. The van der Waals surface area contributed by atoms with Gasteiger partial charge in [-0.3, -0.25) is 4.90 Å². The number of hydrogen-bond donors (Lipinski definition) is 0. The molecule has 5 heteroatoms. The number of piperidine rings is 1. The van der Waals surface area contributed by atoms with Crippen LogP contribution in [0.3, 0.4) is 0 Å². The van der Waals surface area contributed by atoms with Gasteiger partial charge in [0, 0.05) is 49.9 Å². The van der Waals surface area contributed by atoms with Gasteiger partial charge in [0.15, 0.2) is 0 Å². The molecule has 4 rings (SSSR count). The molecule has 0 radical (unpaired) electrons. The molecule has 2 saturated heterocycles. The zero-order chi connectivity index (χ0) is 14.9. The maximum absolute atomic E-state index is 5.49. The minimum atomic E-state index is 0.624. The van der Waals surface area contributed by atoms with Gasteiger partial charge in [0.05, 0.1) is 13.2 Å². The number of aromatic nitrogens is 2. The number of rotatable bonds is 3. The van der Waals surface area contributed by atoms with E-state index in [4.69, 9.17) is 9.72 Å². The Kier molecular flexibility index (Phi) is 4.01. The zero-order valence-corrected chi connectivity index (χ0v) is 13.5. The van der Waals surface area contributed by atoms with Crippen molar-refractivity contribution in [3.63, 3.8) is 0 Å². The van der Waals surface area contributed by atoms with E-state index in [2.05, 4.69) is 27.8 Å². The van der Waals surface area contributed by atoms with E-state index in [0.717, 1.165) is 56.7 Å². The molecule has 1 unspecified atom stereocenters. The van der Waals surface area contributed by atoms with Crippen LogP contribution in [0.2, 0.25) is 0 Å². The van der Waals surface area contributed by atoms with Gasteiger partial charge in [0.25, 0.3) is 0 Å². The Morgan fingerprint density at radius 2 is 1.91 bits per heavy atom. The van der Waals surface area contributed by atoms with Crippen LogP contribution in [0.5, 0.6) is 0 Å². The molecule has 3 aliphatic rings. The van der Waals surface area contributed by atoms with Crippen molar-refractivity contribution in [1.82, 2.24) is 14.9 Å². The molecule has 3 heterocycles. The van der Waals surface area contributed by atoms with Crippen molar-refractivity contribution >= 4 is 5.82 Å². The predicted molar refractivity (Wildman–Crippen MR) is 86.4 cm³/mol. The Morgan fingerprint density at radius 1 is 1.09 bits per heavy atom. The summed E-state index contributed by atoms with van der Waals surface area (Å²) in [6.45, 7) is 8.25. The van der Waals surface area contributed by atoms with Gasteiger partial charge in [0.1, 0.15) is 11.6 Å². The highest BCUT2D eigenvalue weighted by molar-refractivity contribution is 5.41. The molecular formula is C17H26N4O. The normalized spacial score (nSPS) is 27.1. The van der Waals surface area contributed by atoms with Crippen molar-refractivity contribution in [2.45, 2.75) is 44.6 Å². The average molecular weight is 302 g/mol. The van der Waals surface area contributed by atoms with Crippen LogP contribution in [0.15, 0.2) is 6.07 Å². The molecule has 1 atom stereocenters. The van der Waals surface area contributed by atoms with Gasteiger partial charge in [-0.25, -0.2) is 9.97 Å². The second kappa shape index (κ2) is 6.13. The zero-order valence-electron chi connectivity index (χ0n) is 13.5. The standard InChI is InChI=1S/C17H26N4O/c1-13-11-16(19-17(18-13)14-4-5-14)21-6-2-3-15(12-21)20-7-9-22-10-8-20/h11,14-15H,2-10,12H2,1H3. The van der Waals surface area contributed by atoms with Crippen molar-refractivity contribution in [2.75, 3.05) is 44.3 Å². The molecule has 0 spiro atoms. The summed E-state index contributed by atoms with van der Waals surface area (Å²) in [7, 11) is 0. The van der Waals surface area contributed by atoms with E-state index in [1.165, 1.54) is 25.7 Å². The van der Waals surface area contributed by atoms with Crippen LogP contribution in [-0.2, 0) is 4.74 Å². The van der Waals surface area contributed by atoms with Gasteiger partial charge in [-0.05, 0) is 32.6 Å². The lowest BCUT2D eigenvalue weighted by molar-refractivity contribution is 0.0137. The average Bonchev–Trinajstić information content (AvgIpc) is 3.40. The molecule has 1 aromatic heterocycles. The molecule has 5 nitrogen and oxygen atoms in total. The van der Waals surface area contributed by atoms with Crippen LogP contribution >= 0.6 is 0 Å². The minimum absolute atomic E-state index is 0.624. The highest BCUT2D eigenvalue weighted by Crippen LogP contribution is 2.38. The summed E-state index contributed by atoms with van der Waals surface area (Å²) in [5.41, 5.74) is 1.11. The van der Waals surface area contributed by atoms with E-state index in [1.807, 2.05) is 0 Å². The number of ether oxygens (including phenoxy) is 1. The van der Waals surface area contributed by atoms with Crippen molar-refractivity contribution in [3.05, 3.63) is 17.6 Å². The summed E-state index contributed by atoms with van der Waals surface area (Å²) in [6, 6.07) is 2.81. The van der Waals surface area contributed by atoms with Crippen molar-refractivity contribution in [1.29, 1.82) is 0 Å². The van der Waals surface area contributed by atoms with Crippen LogP contribution < -0.4 is 4.90 Å². The van der Waals surface area contributed by atoms with Crippen LogP contribution in [0, 0.1) is 6.92 Å². The van der Waals surface area contributed by atoms with E-state index in [1.54, 1.807) is 0 Å². The summed E-state index contributed by atoms with van der Waals surface area (Å²) in [5, 5.41) is 0. The second-order valence-electron chi connectivity index (χ2n) is 6.89. The SMILES string of the molecule is Cc1cc(N2CCCC(N3CCOCC3)C2)nc(C2CC2)n1. The third kappa shape index (κ3) is 3.10. The summed E-state index contributed by atoms with van der Waals surface area (Å²) in [6.07, 6.45) is 5.08. The van der Waals surface area contributed by atoms with Crippen molar-refractivity contribution in [3.8, 4) is 0 Å². The van der Waals surface area contributed by atoms with E-state index in [-0.39, 0.29) is 0 Å². The fourth-order valence-electron chi connectivity index (χ4n) is 3.66. The molecule has 0 aromatic carbocycles. The van der Waals surface area contributed by atoms with E-state index >= 15 is 0 Å². The molecule has 120 valence electrons. The van der Waals surface area contributed by atoms with Crippen LogP contribution in [0.1, 0.15) is 43.1 Å². The first-order valence-corrected chi connectivity index (χ1v) is 8.72. The Balaban J connectivity index is 1.49. The fraction of sp³-hybridized carbons (Fsp3) is 0.765. The van der Waals surface area contributed by atoms with E-state index < -0.39 is 0 Å². The maximum atomic E-state index is 5.49. The van der Waals surface area contributed by atoms with Crippen LogP contribution in [-0.4, -0.2) is 60.3 Å². The summed E-state index contributed by atoms with van der Waals surface area (Å²) < 4.78 is 5.49. The molecule has 2 aliphatic heterocycles. The van der Waals surface area contributed by atoms with Crippen molar-refractivity contribution in [2.24, 2.45) is 0 Å². The van der Waals surface area contributed by atoms with Crippen LogP contribution in [0.4, 0.5) is 5.82 Å². The first-order valence-electron chi connectivity index (χ1n) is 8.72. The number of nitrogens with zero attached hydrogens (tertiary/aromatic N) is 4. The molecule has 1 aliphatic carbocycles. The van der Waals surface area contributed by atoms with Crippen molar-refractivity contribution < 1.29 is 4.74 Å². The Labute approximate surface area is 132 Å². The van der Waals surface area contributed by atoms with Crippen LogP contribution in [0.25, 0.3) is 0 Å². The van der Waals surface area contributed by atoms with Gasteiger partial charge in [0.2, 0.25) is 0 Å². The lowest BCUT2D eigenvalue weighted by atomic mass is 10.0. The third-order valence-corrected chi connectivity index (χ3v) is 5.08. The molecule has 0 bridgehead atoms. The summed E-state index contributed by atoms with van der Waals surface area (Å²) in [5.74, 6) is 2.84. The number of morpholine rings is 1. The number of aryl methyl sites for hydroxylation is 1. The first kappa shape index (κ1) is 14.4. The molecule has 0 amide bonds. The number of hydrogen-bond acceptors (Lipinski definition) is 5. The highest BCUT2D eigenvalue weighted by atomic mass is 16.5. The monoisotopic (exact) mass is 302 g/mol. The Bertz CT molecular complexity index is 525. The fourth-order valence-corrected chi connectivity index (χ4v) is 3.66. The molecule has 1 aromatic rings. The molecular weight excluding hydrogens is 276 g/mol. The first-order chi connectivity index (χ1) is 10.8. The van der Waals surface area contributed by atoms with Gasteiger partial charge in [-0.15, -0.1) is 0 Å². The third-order valence-electron chi connectivity index (χ3n) is 5.08. The summed E-state index contributed by atoms with van der Waals surface area (Å²) >= 11 is 0. The van der Waals surface area contributed by atoms with Gasteiger partial charge < -0.3 is 9.64 Å². The summed E-state index contributed by atoms with van der Waals surface area (Å²) in [4.78, 5) is 14.6. The minimum Gasteiger partial charge on any atom is -0.379 e. The topological polar surface area (TPSA) is 41.5 Å². The highest BCUT2D eigenvalue weighted by Gasteiger charge is 2.30. The van der Waals surface area contributed by atoms with Gasteiger partial charge in [-0.1, -0.05) is 0 Å².